The summed E-state index contributed by atoms with van der Waals surface area (Å²) in [5, 5.41) is 16.8. The Bertz CT molecular complexity index is 1560. The van der Waals surface area contributed by atoms with Gasteiger partial charge in [0.25, 0.3) is 0 Å². The number of carbonyl (C=O) groups is 1. The number of carbonyl (C=O) groups excluding carboxylic acids is 1. The zero-order chi connectivity index (χ0) is 24.5. The van der Waals surface area contributed by atoms with Gasteiger partial charge in [0.2, 0.25) is 5.91 Å². The predicted molar refractivity (Wildman–Crippen MR) is 141 cm³/mol. The minimum atomic E-state index is 0.0348. The minimum absolute atomic E-state index is 0.0348. The molecule has 182 valence electrons. The second kappa shape index (κ2) is 9.43. The standard InChI is InChI=1S/C27H28N8O/c28-21-11-17(18-10-20(15-31-13-18)32-25(36)9-16-3-6-29-7-4-16)1-2-23-26(21)27(35-34-23)24-12-19-14-30-8-5-22(19)33-24/h1-2,5,8,10,12-16,29,33-34H,3-4,6-7,9,11,28H2,(H,32,36). The highest BCUT2D eigenvalue weighted by atomic mass is 16.1. The van der Waals surface area contributed by atoms with Crippen LogP contribution in [0.1, 0.15) is 31.2 Å². The summed E-state index contributed by atoms with van der Waals surface area (Å²) in [6, 6.07) is 5.93. The number of hydrogen-bond acceptors (Lipinski definition) is 6. The van der Waals surface area contributed by atoms with Crippen molar-refractivity contribution in [2.75, 3.05) is 18.4 Å². The summed E-state index contributed by atoms with van der Waals surface area (Å²) < 4.78 is 0. The Labute approximate surface area is 207 Å². The van der Waals surface area contributed by atoms with Gasteiger partial charge >= 0.3 is 0 Å². The lowest BCUT2D eigenvalue weighted by Gasteiger charge is -2.21. The van der Waals surface area contributed by atoms with Gasteiger partial charge in [0.05, 0.1) is 22.9 Å². The molecule has 6 N–H and O–H groups in total. The summed E-state index contributed by atoms with van der Waals surface area (Å²) in [6.45, 7) is 1.96. The third kappa shape index (κ3) is 4.40. The fraction of sp³-hybridized carbons (Fsp3) is 0.259. The van der Waals surface area contributed by atoms with E-state index in [1.54, 1.807) is 18.6 Å². The number of nitrogens with zero attached hydrogens (tertiary/aromatic N) is 3. The van der Waals surface area contributed by atoms with Crippen LogP contribution in [0.25, 0.3) is 39.6 Å². The molecule has 36 heavy (non-hydrogen) atoms. The van der Waals surface area contributed by atoms with Gasteiger partial charge in [-0.05, 0) is 67.3 Å². The van der Waals surface area contributed by atoms with Crippen molar-refractivity contribution in [3.8, 4) is 11.4 Å². The van der Waals surface area contributed by atoms with E-state index in [-0.39, 0.29) is 5.91 Å². The van der Waals surface area contributed by atoms with Crippen molar-refractivity contribution in [2.45, 2.75) is 25.7 Å². The number of piperidine rings is 1. The Hall–Kier alpha value is -4.24. The van der Waals surface area contributed by atoms with Crippen molar-refractivity contribution in [2.24, 2.45) is 11.7 Å². The van der Waals surface area contributed by atoms with E-state index in [1.165, 1.54) is 0 Å². The molecule has 6 rings (SSSR count). The highest BCUT2D eigenvalue weighted by Gasteiger charge is 2.18. The van der Waals surface area contributed by atoms with Gasteiger partial charge in [-0.15, -0.1) is 0 Å². The number of H-pyrrole nitrogens is 2. The number of hydrogen-bond donors (Lipinski definition) is 5. The molecular formula is C27H28N8O. The van der Waals surface area contributed by atoms with Crippen molar-refractivity contribution in [3.05, 3.63) is 65.2 Å². The lowest BCUT2D eigenvalue weighted by molar-refractivity contribution is -0.117. The van der Waals surface area contributed by atoms with E-state index in [4.69, 9.17) is 5.73 Å². The van der Waals surface area contributed by atoms with Gasteiger partial charge in [-0.2, -0.15) is 5.10 Å². The van der Waals surface area contributed by atoms with Crippen LogP contribution >= 0.6 is 0 Å². The molecule has 1 saturated heterocycles. The molecule has 9 nitrogen and oxygen atoms in total. The van der Waals surface area contributed by atoms with Crippen LogP contribution in [0.5, 0.6) is 0 Å². The van der Waals surface area contributed by atoms with E-state index >= 15 is 0 Å². The van der Waals surface area contributed by atoms with Crippen LogP contribution in [0.2, 0.25) is 0 Å². The number of allylic oxidation sites excluding steroid dienone is 1. The molecular weight excluding hydrogens is 452 g/mol. The van der Waals surface area contributed by atoms with Gasteiger partial charge in [0, 0.05) is 53.3 Å². The second-order valence-corrected chi connectivity index (χ2v) is 9.48. The second-order valence-electron chi connectivity index (χ2n) is 9.48. The molecule has 0 unspecified atom stereocenters. The average Bonchev–Trinajstić information content (AvgIpc) is 3.47. The van der Waals surface area contributed by atoms with Crippen molar-refractivity contribution in [1.82, 2.24) is 30.5 Å². The summed E-state index contributed by atoms with van der Waals surface area (Å²) in [5.74, 6) is 0.467. The van der Waals surface area contributed by atoms with Crippen LogP contribution in [0, 0.1) is 5.92 Å². The van der Waals surface area contributed by atoms with E-state index in [0.717, 1.165) is 69.9 Å². The molecule has 4 aromatic heterocycles. The number of aromatic amines is 2. The molecule has 1 aliphatic heterocycles. The van der Waals surface area contributed by atoms with Crippen LogP contribution in [0.4, 0.5) is 5.69 Å². The number of amides is 1. The first-order valence-corrected chi connectivity index (χ1v) is 12.3. The zero-order valence-corrected chi connectivity index (χ0v) is 19.8. The summed E-state index contributed by atoms with van der Waals surface area (Å²) in [5.41, 5.74) is 12.7. The molecule has 0 spiro atoms. The lowest BCUT2D eigenvalue weighted by Crippen LogP contribution is -2.30. The van der Waals surface area contributed by atoms with E-state index in [0.29, 0.717) is 30.1 Å². The van der Waals surface area contributed by atoms with Crippen LogP contribution in [0.3, 0.4) is 0 Å². The van der Waals surface area contributed by atoms with Crippen LogP contribution in [-0.4, -0.2) is 44.1 Å². The van der Waals surface area contributed by atoms with Crippen LogP contribution < -0.4 is 26.9 Å². The maximum atomic E-state index is 12.6. The zero-order valence-electron chi connectivity index (χ0n) is 19.8. The molecule has 0 saturated carbocycles. The number of rotatable bonds is 5. The number of fused-ring (bicyclic) bond motifs is 2. The third-order valence-corrected chi connectivity index (χ3v) is 6.95. The smallest absolute Gasteiger partial charge is 0.224 e. The predicted octanol–water partition coefficient (Wildman–Crippen LogP) is 2.01. The summed E-state index contributed by atoms with van der Waals surface area (Å²) in [7, 11) is 0. The first-order valence-electron chi connectivity index (χ1n) is 12.3. The van der Waals surface area contributed by atoms with Crippen LogP contribution in [0.15, 0.2) is 49.1 Å². The fourth-order valence-electron chi connectivity index (χ4n) is 5.07. The van der Waals surface area contributed by atoms with Crippen molar-refractivity contribution < 1.29 is 4.79 Å². The average molecular weight is 481 g/mol. The molecule has 1 aliphatic carbocycles. The molecule has 0 bridgehead atoms. The Balaban J connectivity index is 1.25. The molecule has 9 heteroatoms. The molecule has 4 aromatic rings. The molecule has 0 atom stereocenters. The highest BCUT2D eigenvalue weighted by molar-refractivity contribution is 5.91. The Kier molecular flexibility index (Phi) is 5.82. The normalized spacial score (nSPS) is 16.2. The van der Waals surface area contributed by atoms with Crippen molar-refractivity contribution >= 4 is 39.8 Å². The highest BCUT2D eigenvalue weighted by Crippen LogP contribution is 2.25. The van der Waals surface area contributed by atoms with Gasteiger partial charge in [-0.3, -0.25) is 19.9 Å². The first-order chi connectivity index (χ1) is 17.6. The van der Waals surface area contributed by atoms with E-state index in [1.807, 2.05) is 36.5 Å². The number of anilines is 1. The van der Waals surface area contributed by atoms with Gasteiger partial charge in [0.1, 0.15) is 5.69 Å². The summed E-state index contributed by atoms with van der Waals surface area (Å²) >= 11 is 0. The topological polar surface area (TPSA) is 137 Å². The summed E-state index contributed by atoms with van der Waals surface area (Å²) in [4.78, 5) is 24.6. The lowest BCUT2D eigenvalue weighted by atomic mass is 9.94. The van der Waals surface area contributed by atoms with E-state index < -0.39 is 0 Å². The minimum Gasteiger partial charge on any atom is -0.401 e. The largest absolute Gasteiger partial charge is 0.401 e. The maximum Gasteiger partial charge on any atom is 0.224 e. The Morgan fingerprint density at radius 2 is 2.00 bits per heavy atom. The number of nitrogens with one attached hydrogen (secondary N) is 4. The van der Waals surface area contributed by atoms with Crippen molar-refractivity contribution in [1.29, 1.82) is 0 Å². The first kappa shape index (κ1) is 22.2. The quantitative estimate of drug-likeness (QED) is 0.296. The number of aromatic nitrogens is 5. The van der Waals surface area contributed by atoms with E-state index in [2.05, 4.69) is 35.8 Å². The number of nitrogens with two attached hydrogens (primary N) is 1. The van der Waals surface area contributed by atoms with Gasteiger partial charge in [-0.25, -0.2) is 0 Å². The Morgan fingerprint density at radius 3 is 2.86 bits per heavy atom. The van der Waals surface area contributed by atoms with Gasteiger partial charge in [0.15, 0.2) is 0 Å². The van der Waals surface area contributed by atoms with Crippen molar-refractivity contribution in [3.63, 3.8) is 0 Å². The maximum absolute atomic E-state index is 12.6. The molecule has 2 aliphatic rings. The van der Waals surface area contributed by atoms with Crippen LogP contribution in [-0.2, 0) is 4.79 Å². The molecule has 5 heterocycles. The Morgan fingerprint density at radius 1 is 1.11 bits per heavy atom. The molecule has 0 radical (unpaired) electrons. The van der Waals surface area contributed by atoms with Gasteiger partial charge in [-0.1, -0.05) is 6.08 Å². The van der Waals surface area contributed by atoms with E-state index in [9.17, 15) is 4.79 Å². The monoisotopic (exact) mass is 480 g/mol. The summed E-state index contributed by atoms with van der Waals surface area (Å²) in [6.07, 6.45) is 14.3. The molecule has 1 fully saturated rings. The molecule has 0 aromatic carbocycles. The SMILES string of the molecule is NC1=c2c(-c3cc4cnccc4[nH]3)n[nH]c2=CC=C(c2cncc(NC(=O)CC3CCNCC3)c2)C1. The fourth-order valence-corrected chi connectivity index (χ4v) is 5.07. The third-order valence-electron chi connectivity index (χ3n) is 6.95. The van der Waals surface area contributed by atoms with Gasteiger partial charge < -0.3 is 21.4 Å². The molecule has 1 amide bonds. The number of pyridine rings is 2.